The minimum Gasteiger partial charge on any atom is -0.497 e. The molecule has 3 N–H and O–H groups in total. The molecule has 1 aliphatic rings. The van der Waals surface area contributed by atoms with Crippen LogP contribution >= 0.6 is 12.2 Å². The van der Waals surface area contributed by atoms with Crippen molar-refractivity contribution in [2.75, 3.05) is 19.0 Å². The summed E-state index contributed by atoms with van der Waals surface area (Å²) in [6, 6.07) is 5.74. The summed E-state index contributed by atoms with van der Waals surface area (Å²) in [4.78, 5) is 0.420. The van der Waals surface area contributed by atoms with Crippen LogP contribution in [-0.2, 0) is 0 Å². The first-order valence-corrected chi connectivity index (χ1v) is 6.33. The predicted molar refractivity (Wildman–Crippen MR) is 74.7 cm³/mol. The number of anilines is 1. The number of ether oxygens (including phenoxy) is 1. The van der Waals surface area contributed by atoms with Crippen molar-refractivity contribution in [2.45, 2.75) is 19.3 Å². The summed E-state index contributed by atoms with van der Waals surface area (Å²) in [5, 5.41) is 3.42. The van der Waals surface area contributed by atoms with Crippen molar-refractivity contribution in [3.63, 3.8) is 0 Å². The second-order valence-electron chi connectivity index (χ2n) is 4.45. The Morgan fingerprint density at radius 2 is 2.29 bits per heavy atom. The number of hydrogen-bond acceptors (Lipinski definition) is 3. The van der Waals surface area contributed by atoms with Gasteiger partial charge in [0.2, 0.25) is 0 Å². The van der Waals surface area contributed by atoms with Crippen LogP contribution in [0.25, 0.3) is 0 Å². The highest BCUT2D eigenvalue weighted by atomic mass is 32.1. The maximum absolute atomic E-state index is 5.71. The number of hydrogen-bond donors (Lipinski definition) is 2. The molecule has 1 saturated carbocycles. The number of thiocarbonyl (C=S) groups is 1. The Balaban J connectivity index is 2.12. The summed E-state index contributed by atoms with van der Waals surface area (Å²) in [5.74, 6) is 1.61. The predicted octanol–water partition coefficient (Wildman–Crippen LogP) is 2.54. The van der Waals surface area contributed by atoms with E-state index in [9.17, 15) is 0 Å². The lowest BCUT2D eigenvalue weighted by molar-refractivity contribution is 0.333. The van der Waals surface area contributed by atoms with E-state index >= 15 is 0 Å². The first-order chi connectivity index (χ1) is 8.20. The van der Waals surface area contributed by atoms with Gasteiger partial charge in [-0.3, -0.25) is 0 Å². The van der Waals surface area contributed by atoms with E-state index in [4.69, 9.17) is 22.7 Å². The van der Waals surface area contributed by atoms with Gasteiger partial charge in [0.05, 0.1) is 7.11 Å². The van der Waals surface area contributed by atoms with Gasteiger partial charge in [0.25, 0.3) is 0 Å². The molecule has 1 fully saturated rings. The van der Waals surface area contributed by atoms with Crippen molar-refractivity contribution in [3.8, 4) is 5.75 Å². The highest BCUT2D eigenvalue weighted by molar-refractivity contribution is 7.80. The second-order valence-corrected chi connectivity index (χ2v) is 4.89. The molecule has 3 nitrogen and oxygen atoms in total. The molecule has 4 heteroatoms. The molecular formula is C13H18N2OS. The van der Waals surface area contributed by atoms with Gasteiger partial charge in [-0.15, -0.1) is 0 Å². The Labute approximate surface area is 107 Å². The minimum atomic E-state index is 0.420. The lowest BCUT2D eigenvalue weighted by Gasteiger charge is -2.26. The number of nitrogens with one attached hydrogen (secondary N) is 1. The van der Waals surface area contributed by atoms with Gasteiger partial charge in [0.1, 0.15) is 10.7 Å². The fourth-order valence-corrected chi connectivity index (χ4v) is 2.14. The van der Waals surface area contributed by atoms with Gasteiger partial charge in [0, 0.05) is 23.9 Å². The molecule has 0 bridgehead atoms. The van der Waals surface area contributed by atoms with Gasteiger partial charge in [-0.2, -0.15) is 0 Å². The third-order valence-electron chi connectivity index (χ3n) is 3.30. The summed E-state index contributed by atoms with van der Waals surface area (Å²) in [6.45, 7) is 0.989. The van der Waals surface area contributed by atoms with Gasteiger partial charge in [-0.05, 0) is 30.9 Å². The van der Waals surface area contributed by atoms with E-state index in [2.05, 4.69) is 5.32 Å². The average molecular weight is 250 g/mol. The van der Waals surface area contributed by atoms with E-state index in [1.807, 2.05) is 18.2 Å². The first kappa shape index (κ1) is 12.2. The zero-order valence-corrected chi connectivity index (χ0v) is 10.8. The summed E-state index contributed by atoms with van der Waals surface area (Å²) >= 11 is 5.05. The molecule has 17 heavy (non-hydrogen) atoms. The monoisotopic (exact) mass is 250 g/mol. The first-order valence-electron chi connectivity index (χ1n) is 5.92. The van der Waals surface area contributed by atoms with Crippen LogP contribution in [0, 0.1) is 5.92 Å². The van der Waals surface area contributed by atoms with Crippen LogP contribution in [0.15, 0.2) is 18.2 Å². The fraction of sp³-hybridized carbons (Fsp3) is 0.462. The van der Waals surface area contributed by atoms with Gasteiger partial charge >= 0.3 is 0 Å². The lowest BCUT2D eigenvalue weighted by Crippen LogP contribution is -2.22. The maximum atomic E-state index is 5.71. The molecule has 2 rings (SSSR count). The Morgan fingerprint density at radius 3 is 2.82 bits per heavy atom. The summed E-state index contributed by atoms with van der Waals surface area (Å²) in [6.07, 6.45) is 3.99. The normalized spacial score (nSPS) is 15.1. The summed E-state index contributed by atoms with van der Waals surface area (Å²) in [7, 11) is 1.66. The standard InChI is InChI=1S/C13H18N2OS/c1-16-10-5-6-11(13(14)17)12(7-10)15-8-9-3-2-4-9/h5-7,9,15H,2-4,8H2,1H3,(H2,14,17). The van der Waals surface area contributed by atoms with E-state index in [0.29, 0.717) is 4.99 Å². The van der Waals surface area contributed by atoms with E-state index in [0.717, 1.165) is 29.5 Å². The molecule has 1 aromatic carbocycles. The zero-order valence-electron chi connectivity index (χ0n) is 10.0. The molecular weight excluding hydrogens is 232 g/mol. The van der Waals surface area contributed by atoms with Crippen molar-refractivity contribution >= 4 is 22.9 Å². The molecule has 0 radical (unpaired) electrons. The van der Waals surface area contributed by atoms with E-state index in [1.165, 1.54) is 19.3 Å². The van der Waals surface area contributed by atoms with Gasteiger partial charge < -0.3 is 15.8 Å². The Morgan fingerprint density at radius 1 is 1.53 bits per heavy atom. The Bertz CT molecular complexity index is 416. The van der Waals surface area contributed by atoms with Crippen LogP contribution in [0.4, 0.5) is 5.69 Å². The highest BCUT2D eigenvalue weighted by Crippen LogP contribution is 2.28. The molecule has 0 unspecified atom stereocenters. The van der Waals surface area contributed by atoms with Crippen LogP contribution in [0.3, 0.4) is 0 Å². The number of methoxy groups -OCH3 is 1. The fourth-order valence-electron chi connectivity index (χ4n) is 1.96. The molecule has 1 aromatic rings. The zero-order chi connectivity index (χ0) is 12.3. The SMILES string of the molecule is COc1ccc(C(N)=S)c(NCC2CCC2)c1. The molecule has 0 amide bonds. The Kier molecular flexibility index (Phi) is 3.84. The van der Waals surface area contributed by atoms with Crippen molar-refractivity contribution in [1.82, 2.24) is 0 Å². The van der Waals surface area contributed by atoms with Crippen molar-refractivity contribution < 1.29 is 4.74 Å². The average Bonchev–Trinajstić information content (AvgIpc) is 2.26. The minimum absolute atomic E-state index is 0.420. The largest absolute Gasteiger partial charge is 0.497 e. The van der Waals surface area contributed by atoms with Gasteiger partial charge in [0.15, 0.2) is 0 Å². The molecule has 1 aliphatic carbocycles. The molecule has 92 valence electrons. The van der Waals surface area contributed by atoms with E-state index in [-0.39, 0.29) is 0 Å². The molecule has 0 aromatic heterocycles. The molecule has 0 saturated heterocycles. The second kappa shape index (κ2) is 5.36. The number of nitrogens with two attached hydrogens (primary N) is 1. The van der Waals surface area contributed by atoms with E-state index in [1.54, 1.807) is 7.11 Å². The molecule has 0 aliphatic heterocycles. The Hall–Kier alpha value is -1.29. The third-order valence-corrected chi connectivity index (χ3v) is 3.52. The maximum Gasteiger partial charge on any atom is 0.120 e. The van der Waals surface area contributed by atoms with Crippen LogP contribution in [-0.4, -0.2) is 18.6 Å². The van der Waals surface area contributed by atoms with Gasteiger partial charge in [-0.25, -0.2) is 0 Å². The van der Waals surface area contributed by atoms with Crippen molar-refractivity contribution in [1.29, 1.82) is 0 Å². The smallest absolute Gasteiger partial charge is 0.120 e. The van der Waals surface area contributed by atoms with Crippen LogP contribution in [0.2, 0.25) is 0 Å². The van der Waals surface area contributed by atoms with Crippen molar-refractivity contribution in [3.05, 3.63) is 23.8 Å². The molecule has 0 spiro atoms. The van der Waals surface area contributed by atoms with Crippen molar-refractivity contribution in [2.24, 2.45) is 11.7 Å². The molecule has 0 atom stereocenters. The van der Waals surface area contributed by atoms with E-state index < -0.39 is 0 Å². The van der Waals surface area contributed by atoms with Crippen LogP contribution in [0.5, 0.6) is 5.75 Å². The summed E-state index contributed by atoms with van der Waals surface area (Å²) in [5.41, 5.74) is 7.57. The highest BCUT2D eigenvalue weighted by Gasteiger charge is 2.17. The summed E-state index contributed by atoms with van der Waals surface area (Å²) < 4.78 is 5.21. The van der Waals surface area contributed by atoms with Crippen LogP contribution < -0.4 is 15.8 Å². The number of rotatable bonds is 5. The number of benzene rings is 1. The van der Waals surface area contributed by atoms with Gasteiger partial charge in [-0.1, -0.05) is 18.6 Å². The van der Waals surface area contributed by atoms with Crippen LogP contribution in [0.1, 0.15) is 24.8 Å². The lowest BCUT2D eigenvalue weighted by atomic mass is 9.85. The third kappa shape index (κ3) is 2.88. The quantitative estimate of drug-likeness (QED) is 0.788. The topological polar surface area (TPSA) is 47.3 Å². The molecule has 0 heterocycles.